The number of hydrogen-bond donors (Lipinski definition) is 2. The molecule has 3 aromatic rings. The van der Waals surface area contributed by atoms with Crippen LogP contribution in [-0.4, -0.2) is 23.4 Å². The highest BCUT2D eigenvalue weighted by Gasteiger charge is 2.23. The Balaban J connectivity index is 1.79. The van der Waals surface area contributed by atoms with Crippen molar-refractivity contribution < 1.29 is 19.0 Å². The molecule has 0 amide bonds. The van der Waals surface area contributed by atoms with Gasteiger partial charge in [-0.3, -0.25) is 0 Å². The third-order valence-corrected chi connectivity index (χ3v) is 5.25. The summed E-state index contributed by atoms with van der Waals surface area (Å²) in [6, 6.07) is 17.6. The first kappa shape index (κ1) is 22.1. The van der Waals surface area contributed by atoms with Gasteiger partial charge in [-0.2, -0.15) is 0 Å². The Morgan fingerprint density at radius 2 is 1.73 bits per heavy atom. The number of rotatable bonds is 7. The zero-order chi connectivity index (χ0) is 21.7. The van der Waals surface area contributed by atoms with E-state index in [1.54, 1.807) is 43.3 Å². The summed E-state index contributed by atoms with van der Waals surface area (Å²) < 4.78 is 18.6. The maximum absolute atomic E-state index is 13.1. The van der Waals surface area contributed by atoms with Crippen molar-refractivity contribution >= 4 is 34.9 Å². The number of ether oxygens (including phenoxy) is 1. The topological polar surface area (TPSA) is 58.6 Å². The molecule has 0 spiro atoms. The first-order valence-electron chi connectivity index (χ1n) is 9.34. The highest BCUT2D eigenvalue weighted by atomic mass is 35.5. The molecule has 2 N–H and O–H groups in total. The molecule has 0 saturated carbocycles. The number of hydrogen-bond acceptors (Lipinski definition) is 4. The molecule has 0 bridgehead atoms. The van der Waals surface area contributed by atoms with Crippen LogP contribution in [0.25, 0.3) is 11.1 Å². The van der Waals surface area contributed by atoms with E-state index in [2.05, 4.69) is 5.32 Å². The van der Waals surface area contributed by atoms with Crippen LogP contribution in [0.3, 0.4) is 0 Å². The number of nitrogens with one attached hydrogen (secondary N) is 1. The van der Waals surface area contributed by atoms with E-state index in [4.69, 9.17) is 27.9 Å². The minimum Gasteiger partial charge on any atom is -0.435 e. The second kappa shape index (κ2) is 9.94. The molecular formula is C23H20Cl2FNO3. The van der Waals surface area contributed by atoms with Crippen molar-refractivity contribution in [3.8, 4) is 11.1 Å². The Labute approximate surface area is 184 Å². The average molecular weight is 448 g/mol. The lowest BCUT2D eigenvalue weighted by Crippen LogP contribution is -2.37. The third kappa shape index (κ3) is 5.51. The van der Waals surface area contributed by atoms with Gasteiger partial charge in [0.05, 0.1) is 15.6 Å². The molecule has 4 nitrogen and oxygen atoms in total. The summed E-state index contributed by atoms with van der Waals surface area (Å²) in [6.45, 7) is 1.77. The lowest BCUT2D eigenvalue weighted by molar-refractivity contribution is -0.00798. The van der Waals surface area contributed by atoms with Crippen LogP contribution in [0.1, 0.15) is 23.7 Å². The van der Waals surface area contributed by atoms with E-state index < -0.39 is 18.3 Å². The predicted octanol–water partition coefficient (Wildman–Crippen LogP) is 6.17. The van der Waals surface area contributed by atoms with Crippen molar-refractivity contribution in [3.63, 3.8) is 0 Å². The third-order valence-electron chi connectivity index (χ3n) is 4.51. The van der Waals surface area contributed by atoms with Gasteiger partial charge in [0.15, 0.2) is 6.23 Å². The Kier molecular flexibility index (Phi) is 7.32. The van der Waals surface area contributed by atoms with Crippen molar-refractivity contribution in [2.45, 2.75) is 25.7 Å². The van der Waals surface area contributed by atoms with E-state index in [9.17, 15) is 14.3 Å². The SMILES string of the molecule is CCC(O)C(Nc1ccc(F)cc1)OC(=O)c1cccc(-c2ccc(Cl)c(Cl)c2)c1. The van der Waals surface area contributed by atoms with Gasteiger partial charge in [-0.05, 0) is 66.1 Å². The normalized spacial score (nSPS) is 12.8. The molecule has 7 heteroatoms. The smallest absolute Gasteiger partial charge is 0.340 e. The van der Waals surface area contributed by atoms with E-state index in [1.807, 2.05) is 6.07 Å². The van der Waals surface area contributed by atoms with E-state index in [1.165, 1.54) is 24.3 Å². The first-order valence-corrected chi connectivity index (χ1v) is 10.1. The summed E-state index contributed by atoms with van der Waals surface area (Å²) in [4.78, 5) is 12.7. The summed E-state index contributed by atoms with van der Waals surface area (Å²) in [5.41, 5.74) is 2.40. The molecule has 3 aromatic carbocycles. The fourth-order valence-corrected chi connectivity index (χ4v) is 3.11. The number of carbonyl (C=O) groups is 1. The van der Waals surface area contributed by atoms with Gasteiger partial charge < -0.3 is 15.2 Å². The highest BCUT2D eigenvalue weighted by molar-refractivity contribution is 6.42. The second-order valence-electron chi connectivity index (χ2n) is 6.66. The van der Waals surface area contributed by atoms with E-state index in [0.29, 0.717) is 27.7 Å². The lowest BCUT2D eigenvalue weighted by Gasteiger charge is -2.24. The van der Waals surface area contributed by atoms with Crippen molar-refractivity contribution in [1.82, 2.24) is 0 Å². The molecule has 2 unspecified atom stereocenters. The quantitative estimate of drug-likeness (QED) is 0.336. The predicted molar refractivity (Wildman–Crippen MR) is 117 cm³/mol. The van der Waals surface area contributed by atoms with Crippen LogP contribution in [0.15, 0.2) is 66.7 Å². The van der Waals surface area contributed by atoms with Crippen LogP contribution in [-0.2, 0) is 4.74 Å². The van der Waals surface area contributed by atoms with E-state index in [-0.39, 0.29) is 5.82 Å². The zero-order valence-corrected chi connectivity index (χ0v) is 17.6. The molecule has 0 saturated heterocycles. The molecular weight excluding hydrogens is 428 g/mol. The molecule has 2 atom stereocenters. The van der Waals surface area contributed by atoms with Crippen LogP contribution in [0.4, 0.5) is 10.1 Å². The van der Waals surface area contributed by atoms with E-state index >= 15 is 0 Å². The number of benzene rings is 3. The number of halogens is 3. The minimum absolute atomic E-state index is 0.313. The number of aliphatic hydroxyl groups is 1. The van der Waals surface area contributed by atoms with Crippen molar-refractivity contribution in [3.05, 3.63) is 88.2 Å². The van der Waals surface area contributed by atoms with Crippen LogP contribution in [0, 0.1) is 5.82 Å². The summed E-state index contributed by atoms with van der Waals surface area (Å²) in [5.74, 6) is -0.992. The van der Waals surface area contributed by atoms with Crippen molar-refractivity contribution in [2.24, 2.45) is 0 Å². The fraction of sp³-hybridized carbons (Fsp3) is 0.174. The molecule has 0 aromatic heterocycles. The fourth-order valence-electron chi connectivity index (χ4n) is 2.81. The van der Waals surface area contributed by atoms with Crippen molar-refractivity contribution in [1.29, 1.82) is 0 Å². The Bertz CT molecular complexity index is 1030. The molecule has 0 radical (unpaired) electrons. The van der Waals surface area contributed by atoms with Gasteiger partial charge >= 0.3 is 5.97 Å². The zero-order valence-electron chi connectivity index (χ0n) is 16.1. The van der Waals surface area contributed by atoms with Gasteiger partial charge in [0, 0.05) is 5.69 Å². The number of carbonyl (C=O) groups excluding carboxylic acids is 1. The van der Waals surface area contributed by atoms with Crippen LogP contribution in [0.2, 0.25) is 10.0 Å². The summed E-state index contributed by atoms with van der Waals surface area (Å²) in [6.07, 6.45) is -1.59. The molecule has 0 aliphatic heterocycles. The van der Waals surface area contributed by atoms with E-state index in [0.717, 1.165) is 11.1 Å². The van der Waals surface area contributed by atoms with Crippen LogP contribution >= 0.6 is 23.2 Å². The van der Waals surface area contributed by atoms with Crippen molar-refractivity contribution in [2.75, 3.05) is 5.32 Å². The minimum atomic E-state index is -0.999. The second-order valence-corrected chi connectivity index (χ2v) is 7.48. The highest BCUT2D eigenvalue weighted by Crippen LogP contribution is 2.29. The maximum atomic E-state index is 13.1. The van der Waals surface area contributed by atoms with Gasteiger partial charge in [-0.15, -0.1) is 0 Å². The lowest BCUT2D eigenvalue weighted by atomic mass is 10.0. The van der Waals surface area contributed by atoms with Gasteiger partial charge in [-0.25, -0.2) is 9.18 Å². The standard InChI is InChI=1S/C23H20Cl2FNO3/c1-2-21(28)22(27-18-9-7-17(26)8-10-18)30-23(29)16-5-3-4-14(12-16)15-6-11-19(24)20(25)13-15/h3-13,21-22,27-28H,2H2,1H3. The Hall–Kier alpha value is -2.60. The number of aliphatic hydroxyl groups excluding tert-OH is 1. The van der Waals surface area contributed by atoms with Crippen LogP contribution in [0.5, 0.6) is 0 Å². The molecule has 156 valence electrons. The Morgan fingerprint density at radius 1 is 1.03 bits per heavy atom. The summed E-state index contributed by atoms with van der Waals surface area (Å²) in [5, 5.41) is 14.1. The van der Waals surface area contributed by atoms with Gasteiger partial charge in [0.1, 0.15) is 11.9 Å². The molecule has 0 aliphatic rings. The molecule has 0 heterocycles. The Morgan fingerprint density at radius 3 is 2.40 bits per heavy atom. The van der Waals surface area contributed by atoms with Gasteiger partial charge in [-0.1, -0.05) is 48.3 Å². The van der Waals surface area contributed by atoms with Crippen LogP contribution < -0.4 is 5.32 Å². The molecule has 0 aliphatic carbocycles. The molecule has 30 heavy (non-hydrogen) atoms. The van der Waals surface area contributed by atoms with Gasteiger partial charge in [0.2, 0.25) is 0 Å². The first-order chi connectivity index (χ1) is 14.4. The number of esters is 1. The van der Waals surface area contributed by atoms with Gasteiger partial charge in [0.25, 0.3) is 0 Å². The maximum Gasteiger partial charge on any atom is 0.340 e. The summed E-state index contributed by atoms with van der Waals surface area (Å²) >= 11 is 12.1. The molecule has 0 fully saturated rings. The average Bonchev–Trinajstić information content (AvgIpc) is 2.76. The monoisotopic (exact) mass is 447 g/mol. The largest absolute Gasteiger partial charge is 0.435 e. The summed E-state index contributed by atoms with van der Waals surface area (Å²) in [7, 11) is 0. The number of anilines is 1. The molecule has 3 rings (SSSR count).